The Morgan fingerprint density at radius 3 is 2.29 bits per heavy atom. The third-order valence-electron chi connectivity index (χ3n) is 6.33. The summed E-state index contributed by atoms with van der Waals surface area (Å²) in [4.78, 5) is 20.3. The minimum absolute atomic E-state index is 0.113. The number of morpholine rings is 1. The van der Waals surface area contributed by atoms with Gasteiger partial charge in [0.05, 0.1) is 23.8 Å². The normalized spacial score (nSPS) is 18.5. The fourth-order valence-electron chi connectivity index (χ4n) is 4.72. The number of thioether (sulfide) groups is 1. The van der Waals surface area contributed by atoms with Crippen LogP contribution in [0.3, 0.4) is 0 Å². The predicted molar refractivity (Wildman–Crippen MR) is 145 cm³/mol. The average molecular weight is 487 g/mol. The number of aryl methyl sites for hydroxylation is 3. The van der Waals surface area contributed by atoms with Crippen molar-refractivity contribution >= 4 is 40.3 Å². The molecule has 0 atom stereocenters. The number of carbonyl (C=O) groups excluding carboxylic acids is 1. The summed E-state index contributed by atoms with van der Waals surface area (Å²) in [6.45, 7) is 11.7. The molecule has 180 valence electrons. The van der Waals surface area contributed by atoms with Gasteiger partial charge >= 0.3 is 0 Å². The molecule has 1 N–H and O–H groups in total. The lowest BCUT2D eigenvalue weighted by Crippen LogP contribution is -2.36. The number of aromatic nitrogens is 1. The molecule has 2 aromatic carbocycles. The Hall–Kier alpha value is -3.29. The highest BCUT2D eigenvalue weighted by atomic mass is 32.2. The second-order valence-corrected chi connectivity index (χ2v) is 10.1. The Balaban J connectivity index is 1.38. The van der Waals surface area contributed by atoms with Gasteiger partial charge < -0.3 is 19.5 Å². The first-order valence-electron chi connectivity index (χ1n) is 11.9. The molecule has 0 radical (unpaired) electrons. The number of carbonyl (C=O) groups is 1. The van der Waals surface area contributed by atoms with Crippen LogP contribution in [0.25, 0.3) is 11.8 Å². The van der Waals surface area contributed by atoms with Crippen molar-refractivity contribution in [3.8, 4) is 5.69 Å². The highest BCUT2D eigenvalue weighted by Gasteiger charge is 2.25. The zero-order chi connectivity index (χ0) is 24.5. The molecular weight excluding hydrogens is 456 g/mol. The van der Waals surface area contributed by atoms with Gasteiger partial charge in [0.2, 0.25) is 0 Å². The van der Waals surface area contributed by atoms with Crippen molar-refractivity contribution < 1.29 is 9.53 Å². The Morgan fingerprint density at radius 1 is 0.943 bits per heavy atom. The number of anilines is 1. The van der Waals surface area contributed by atoms with Crippen LogP contribution < -0.4 is 10.2 Å². The molecule has 6 nitrogen and oxygen atoms in total. The molecule has 1 aromatic heterocycles. The second kappa shape index (κ2) is 9.76. The maximum atomic E-state index is 12.7. The lowest BCUT2D eigenvalue weighted by atomic mass is 10.1. The number of benzene rings is 2. The zero-order valence-corrected chi connectivity index (χ0v) is 21.4. The van der Waals surface area contributed by atoms with Gasteiger partial charge in [-0.25, -0.2) is 4.99 Å². The highest BCUT2D eigenvalue weighted by molar-refractivity contribution is 8.18. The molecule has 3 heterocycles. The number of nitrogens with one attached hydrogen (secondary N) is 1. The van der Waals surface area contributed by atoms with Crippen LogP contribution in [-0.4, -0.2) is 41.9 Å². The monoisotopic (exact) mass is 486 g/mol. The molecule has 5 rings (SSSR count). The maximum Gasteiger partial charge on any atom is 0.264 e. The number of amides is 1. The van der Waals surface area contributed by atoms with Crippen LogP contribution in [-0.2, 0) is 9.53 Å². The molecule has 0 unspecified atom stereocenters. The third kappa shape index (κ3) is 5.06. The number of rotatable bonds is 4. The van der Waals surface area contributed by atoms with Crippen molar-refractivity contribution in [1.82, 2.24) is 9.88 Å². The summed E-state index contributed by atoms with van der Waals surface area (Å²) < 4.78 is 7.70. The highest BCUT2D eigenvalue weighted by Crippen LogP contribution is 2.31. The Bertz CT molecular complexity index is 1310. The van der Waals surface area contributed by atoms with E-state index in [-0.39, 0.29) is 5.91 Å². The van der Waals surface area contributed by atoms with Gasteiger partial charge in [0.25, 0.3) is 5.91 Å². The van der Waals surface area contributed by atoms with Gasteiger partial charge in [-0.05, 0) is 105 Å². The summed E-state index contributed by atoms with van der Waals surface area (Å²) in [5.41, 5.74) is 8.75. The van der Waals surface area contributed by atoms with Crippen molar-refractivity contribution in [2.24, 2.45) is 4.99 Å². The lowest BCUT2D eigenvalue weighted by Gasteiger charge is -2.29. The van der Waals surface area contributed by atoms with E-state index < -0.39 is 0 Å². The van der Waals surface area contributed by atoms with Crippen LogP contribution in [0.4, 0.5) is 11.4 Å². The number of aliphatic imine (C=N–C) groups is 1. The van der Waals surface area contributed by atoms with Crippen LogP contribution in [0.15, 0.2) is 58.4 Å². The molecule has 2 fully saturated rings. The Morgan fingerprint density at radius 2 is 1.60 bits per heavy atom. The summed E-state index contributed by atoms with van der Waals surface area (Å²) in [5.74, 6) is -0.113. The molecule has 35 heavy (non-hydrogen) atoms. The predicted octanol–water partition coefficient (Wildman–Crippen LogP) is 5.44. The standard InChI is InChI=1S/C28H30N4O2S/c1-18-13-19(2)15-23(14-18)29-28-30-27(33)26(35-28)17-22-16-20(3)32(21(22)4)25-7-5-24(6-8-25)31-9-11-34-12-10-31/h5-8,13-17H,9-12H2,1-4H3,(H,29,30,33)/b26-17-. The molecule has 2 aliphatic rings. The van der Waals surface area contributed by atoms with E-state index in [0.717, 1.165) is 65.8 Å². The van der Waals surface area contributed by atoms with Gasteiger partial charge in [-0.1, -0.05) is 6.07 Å². The van der Waals surface area contributed by atoms with Gasteiger partial charge in [-0.3, -0.25) is 4.79 Å². The first-order chi connectivity index (χ1) is 16.9. The number of hydrogen-bond donors (Lipinski definition) is 1. The lowest BCUT2D eigenvalue weighted by molar-refractivity contribution is -0.115. The fraction of sp³-hybridized carbons (Fsp3) is 0.286. The Labute approximate surface area is 210 Å². The van der Waals surface area contributed by atoms with E-state index in [9.17, 15) is 4.79 Å². The smallest absolute Gasteiger partial charge is 0.264 e. The van der Waals surface area contributed by atoms with E-state index in [1.54, 1.807) is 0 Å². The van der Waals surface area contributed by atoms with E-state index in [1.165, 1.54) is 17.4 Å². The van der Waals surface area contributed by atoms with Crippen LogP contribution in [0, 0.1) is 27.7 Å². The largest absolute Gasteiger partial charge is 0.378 e. The topological polar surface area (TPSA) is 58.9 Å². The minimum atomic E-state index is -0.113. The molecule has 3 aromatic rings. The van der Waals surface area contributed by atoms with Crippen molar-refractivity contribution in [2.45, 2.75) is 27.7 Å². The van der Waals surface area contributed by atoms with Gasteiger partial charge in [0.15, 0.2) is 5.17 Å². The Kier molecular flexibility index (Phi) is 6.54. The quantitative estimate of drug-likeness (QED) is 0.499. The van der Waals surface area contributed by atoms with Crippen LogP contribution in [0.5, 0.6) is 0 Å². The summed E-state index contributed by atoms with van der Waals surface area (Å²) in [7, 11) is 0. The minimum Gasteiger partial charge on any atom is -0.378 e. The summed E-state index contributed by atoms with van der Waals surface area (Å²) in [5, 5.41) is 3.52. The summed E-state index contributed by atoms with van der Waals surface area (Å²) in [6.07, 6.45) is 1.96. The molecule has 1 amide bonds. The molecule has 0 aliphatic carbocycles. The molecule has 0 spiro atoms. The number of hydrogen-bond acceptors (Lipinski definition) is 5. The maximum absolute atomic E-state index is 12.7. The molecule has 2 aliphatic heterocycles. The molecule has 0 saturated carbocycles. The van der Waals surface area contributed by atoms with Gasteiger partial charge in [0, 0.05) is 35.9 Å². The van der Waals surface area contributed by atoms with Crippen molar-refractivity contribution in [3.63, 3.8) is 0 Å². The summed E-state index contributed by atoms with van der Waals surface area (Å²) in [6, 6.07) is 17.0. The average Bonchev–Trinajstić information content (AvgIpc) is 3.31. The number of nitrogens with zero attached hydrogens (tertiary/aromatic N) is 3. The first-order valence-corrected chi connectivity index (χ1v) is 12.7. The molecular formula is C28H30N4O2S. The molecule has 0 bridgehead atoms. The fourth-order valence-corrected chi connectivity index (χ4v) is 5.55. The van der Waals surface area contributed by atoms with Gasteiger partial charge in [-0.15, -0.1) is 0 Å². The van der Waals surface area contributed by atoms with E-state index in [0.29, 0.717) is 10.1 Å². The SMILES string of the molecule is Cc1cc(C)cc(N=C2NC(=O)/C(=C/c3cc(C)n(-c4ccc(N5CCOCC5)cc4)c3C)S2)c1. The summed E-state index contributed by atoms with van der Waals surface area (Å²) >= 11 is 1.38. The van der Waals surface area contributed by atoms with Crippen LogP contribution >= 0.6 is 11.8 Å². The van der Waals surface area contributed by atoms with Crippen molar-refractivity contribution in [1.29, 1.82) is 0 Å². The van der Waals surface area contributed by atoms with Crippen LogP contribution in [0.1, 0.15) is 28.1 Å². The number of amidine groups is 1. The van der Waals surface area contributed by atoms with Crippen LogP contribution in [0.2, 0.25) is 0 Å². The van der Waals surface area contributed by atoms with Gasteiger partial charge in [-0.2, -0.15) is 0 Å². The van der Waals surface area contributed by atoms with E-state index in [1.807, 2.05) is 32.1 Å². The van der Waals surface area contributed by atoms with Crippen molar-refractivity contribution in [2.75, 3.05) is 31.2 Å². The van der Waals surface area contributed by atoms with Crippen molar-refractivity contribution in [3.05, 3.63) is 81.5 Å². The molecule has 7 heteroatoms. The van der Waals surface area contributed by atoms with E-state index in [2.05, 4.69) is 70.0 Å². The second-order valence-electron chi connectivity index (χ2n) is 9.11. The molecule has 2 saturated heterocycles. The third-order valence-corrected chi connectivity index (χ3v) is 7.24. The zero-order valence-electron chi connectivity index (χ0n) is 20.6. The number of ether oxygens (including phenoxy) is 1. The first kappa shape index (κ1) is 23.5. The van der Waals surface area contributed by atoms with E-state index >= 15 is 0 Å². The van der Waals surface area contributed by atoms with Gasteiger partial charge in [0.1, 0.15) is 0 Å². The van der Waals surface area contributed by atoms with E-state index in [4.69, 9.17) is 4.74 Å².